The molecule has 3 aromatic rings. The smallest absolute Gasteiger partial charge is 0.265 e. The number of unbranched alkanes of at least 4 members (excludes halogenated alkanes) is 1. The fraction of sp³-hybridized carbons (Fsp3) is 0.385. The Morgan fingerprint density at radius 2 is 1.44 bits per heavy atom. The van der Waals surface area contributed by atoms with Crippen molar-refractivity contribution in [3.05, 3.63) is 53.6 Å². The molecule has 0 saturated carbocycles. The summed E-state index contributed by atoms with van der Waals surface area (Å²) in [5, 5.41) is 5.53. The average molecular weight is 496 g/mol. The monoisotopic (exact) mass is 495 g/mol. The number of fused-ring (bicyclic) bond motifs is 5. The van der Waals surface area contributed by atoms with Crippen LogP contribution in [0.2, 0.25) is 0 Å². The van der Waals surface area contributed by atoms with Gasteiger partial charge >= 0.3 is 0 Å². The Labute approximate surface area is 208 Å². The Kier molecular flexibility index (Phi) is 8.51. The number of nitrogens with zero attached hydrogens (tertiary/aromatic N) is 1. The van der Waals surface area contributed by atoms with Gasteiger partial charge in [0.2, 0.25) is 11.8 Å². The summed E-state index contributed by atoms with van der Waals surface area (Å²) in [6.07, 6.45) is 1.90. The molecule has 2 bridgehead atoms. The van der Waals surface area contributed by atoms with E-state index in [0.717, 1.165) is 23.5 Å². The van der Waals surface area contributed by atoms with Gasteiger partial charge in [-0.1, -0.05) is 18.2 Å². The summed E-state index contributed by atoms with van der Waals surface area (Å²) in [4.78, 5) is 49.9. The van der Waals surface area contributed by atoms with Crippen LogP contribution >= 0.6 is 0 Å². The van der Waals surface area contributed by atoms with Gasteiger partial charge in [0.25, 0.3) is 11.8 Å². The molecule has 0 atom stereocenters. The maximum absolute atomic E-state index is 12.5. The Balaban J connectivity index is 0.983. The van der Waals surface area contributed by atoms with Crippen LogP contribution in [0.5, 0.6) is 5.75 Å². The van der Waals surface area contributed by atoms with Crippen LogP contribution in [0.25, 0.3) is 11.2 Å². The minimum Gasteiger partial charge on any atom is -0.494 e. The minimum atomic E-state index is -0.431. The molecule has 10 heteroatoms. The third-order valence-corrected chi connectivity index (χ3v) is 5.78. The summed E-state index contributed by atoms with van der Waals surface area (Å²) in [5.74, 6) is -0.407. The van der Waals surface area contributed by atoms with Crippen molar-refractivity contribution in [2.75, 3.05) is 39.5 Å². The number of para-hydroxylation sites is 1. The summed E-state index contributed by atoms with van der Waals surface area (Å²) in [5.41, 5.74) is 1.36. The van der Waals surface area contributed by atoms with Crippen molar-refractivity contribution in [1.82, 2.24) is 15.5 Å². The zero-order valence-electron chi connectivity index (χ0n) is 19.9. The normalized spacial score (nSPS) is 12.8. The molecule has 2 N–H and O–H groups in total. The van der Waals surface area contributed by atoms with Crippen LogP contribution in [0.4, 0.5) is 0 Å². The molecule has 0 aliphatic carbocycles. The Morgan fingerprint density at radius 1 is 0.778 bits per heavy atom. The second-order valence-electron chi connectivity index (χ2n) is 8.36. The summed E-state index contributed by atoms with van der Waals surface area (Å²) in [6.45, 7) is 1.95. The molecule has 1 aromatic carbocycles. The number of hydrogen-bond donors (Lipinski definition) is 2. The van der Waals surface area contributed by atoms with Crippen LogP contribution in [0.1, 0.15) is 46.4 Å². The summed E-state index contributed by atoms with van der Waals surface area (Å²) < 4.78 is 16.4. The molecule has 36 heavy (non-hydrogen) atoms. The first-order chi connectivity index (χ1) is 17.5. The van der Waals surface area contributed by atoms with Gasteiger partial charge in [-0.3, -0.25) is 24.1 Å². The van der Waals surface area contributed by atoms with Crippen LogP contribution < -0.4 is 15.4 Å². The van der Waals surface area contributed by atoms with Crippen LogP contribution in [-0.2, 0) is 14.3 Å². The molecule has 0 fully saturated rings. The largest absolute Gasteiger partial charge is 0.494 e. The molecular weight excluding hydrogens is 466 g/mol. The summed E-state index contributed by atoms with van der Waals surface area (Å²) >= 11 is 0. The number of ether oxygens (including phenoxy) is 2. The molecule has 2 aromatic heterocycles. The first kappa shape index (κ1) is 25.2. The van der Waals surface area contributed by atoms with Gasteiger partial charge in [0, 0.05) is 32.5 Å². The molecule has 10 nitrogen and oxygen atoms in total. The van der Waals surface area contributed by atoms with Crippen LogP contribution in [0.15, 0.2) is 46.9 Å². The second-order valence-corrected chi connectivity index (χ2v) is 8.36. The van der Waals surface area contributed by atoms with Crippen LogP contribution in [0, 0.1) is 0 Å². The van der Waals surface area contributed by atoms with E-state index < -0.39 is 11.8 Å². The lowest BCUT2D eigenvalue weighted by atomic mass is 10.1. The second kappa shape index (κ2) is 12.2. The quantitative estimate of drug-likeness (QED) is 0.245. The Hall–Kier alpha value is -3.92. The van der Waals surface area contributed by atoms with Crippen molar-refractivity contribution in [3.63, 3.8) is 0 Å². The fourth-order valence-electron chi connectivity index (χ4n) is 3.92. The fourth-order valence-corrected chi connectivity index (χ4v) is 3.92. The van der Waals surface area contributed by atoms with Gasteiger partial charge in [0.1, 0.15) is 16.9 Å². The highest BCUT2D eigenvalue weighted by Crippen LogP contribution is 2.35. The molecule has 0 unspecified atom stereocenters. The third-order valence-electron chi connectivity index (χ3n) is 5.78. The molecule has 4 rings (SSSR count). The number of hydrogen-bond acceptors (Lipinski definition) is 7. The summed E-state index contributed by atoms with van der Waals surface area (Å²) in [6, 6.07) is 12.9. The van der Waals surface area contributed by atoms with Crippen molar-refractivity contribution >= 4 is 34.8 Å². The number of carbonyl (C=O) groups is 4. The first-order valence-corrected chi connectivity index (χ1v) is 12.0. The Bertz CT molecular complexity index is 1150. The van der Waals surface area contributed by atoms with E-state index in [0.29, 0.717) is 24.3 Å². The Morgan fingerprint density at radius 3 is 2.17 bits per heavy atom. The van der Waals surface area contributed by atoms with Crippen molar-refractivity contribution < 1.29 is 33.1 Å². The molecule has 0 spiro atoms. The predicted molar refractivity (Wildman–Crippen MR) is 130 cm³/mol. The molecule has 0 saturated heterocycles. The highest BCUT2D eigenvalue weighted by Gasteiger charge is 2.41. The highest BCUT2D eigenvalue weighted by atomic mass is 16.5. The zero-order valence-corrected chi connectivity index (χ0v) is 19.9. The maximum atomic E-state index is 12.5. The highest BCUT2D eigenvalue weighted by molar-refractivity contribution is 6.27. The molecule has 0 radical (unpaired) electrons. The van der Waals surface area contributed by atoms with Gasteiger partial charge in [-0.05, 0) is 37.1 Å². The van der Waals surface area contributed by atoms with E-state index in [-0.39, 0.29) is 62.1 Å². The molecular formula is C26H29N3O7. The van der Waals surface area contributed by atoms with E-state index in [1.807, 2.05) is 30.3 Å². The van der Waals surface area contributed by atoms with Gasteiger partial charge in [-0.25, -0.2) is 0 Å². The maximum Gasteiger partial charge on any atom is 0.265 e. The lowest BCUT2D eigenvalue weighted by molar-refractivity contribution is -0.123. The topological polar surface area (TPSA) is 127 Å². The van der Waals surface area contributed by atoms with E-state index in [9.17, 15) is 19.2 Å². The van der Waals surface area contributed by atoms with Gasteiger partial charge in [0.05, 0.1) is 30.9 Å². The van der Waals surface area contributed by atoms with Crippen molar-refractivity contribution in [2.24, 2.45) is 0 Å². The van der Waals surface area contributed by atoms with Gasteiger partial charge in [-0.15, -0.1) is 0 Å². The molecule has 3 heterocycles. The SMILES string of the molecule is O=C(CCOCCNC(=O)CCN1C(=O)c2c(c3ccc2o3)C1=O)NCCCCOc1ccccc1. The van der Waals surface area contributed by atoms with E-state index in [2.05, 4.69) is 10.6 Å². The van der Waals surface area contributed by atoms with Crippen molar-refractivity contribution in [3.8, 4) is 5.75 Å². The molecule has 4 amide bonds. The molecule has 1 aliphatic rings. The number of amides is 4. The minimum absolute atomic E-state index is 0.00350. The number of nitrogens with one attached hydrogen (secondary N) is 2. The van der Waals surface area contributed by atoms with E-state index in [1.54, 1.807) is 12.1 Å². The first-order valence-electron chi connectivity index (χ1n) is 12.0. The van der Waals surface area contributed by atoms with Crippen molar-refractivity contribution in [1.29, 1.82) is 0 Å². The number of benzene rings is 2. The number of rotatable bonds is 15. The van der Waals surface area contributed by atoms with Crippen LogP contribution in [-0.4, -0.2) is 68.0 Å². The lowest BCUT2D eigenvalue weighted by Gasteiger charge is -2.13. The summed E-state index contributed by atoms with van der Waals surface area (Å²) in [7, 11) is 0. The predicted octanol–water partition coefficient (Wildman–Crippen LogP) is 2.35. The number of carbonyl (C=O) groups excluding carboxylic acids is 4. The van der Waals surface area contributed by atoms with E-state index in [1.165, 1.54) is 0 Å². The van der Waals surface area contributed by atoms with Gasteiger partial charge in [-0.2, -0.15) is 0 Å². The molecule has 1 aliphatic heterocycles. The standard InChI is InChI=1S/C26H29N3O7/c30-21(10-14-29-25(32)23-19-8-9-20(36-19)24(23)26(29)33)28-13-17-34-16-11-22(31)27-12-4-5-15-35-18-6-2-1-3-7-18/h1-3,6-9H,4-5,10-17H2,(H,27,31)(H,28,30). The average Bonchev–Trinajstić information content (AvgIpc) is 3.57. The number of imide groups is 1. The van der Waals surface area contributed by atoms with Gasteiger partial charge in [0.15, 0.2) is 0 Å². The van der Waals surface area contributed by atoms with Crippen LogP contribution in [0.3, 0.4) is 0 Å². The van der Waals surface area contributed by atoms with Gasteiger partial charge < -0.3 is 24.5 Å². The lowest BCUT2D eigenvalue weighted by Crippen LogP contribution is -2.35. The zero-order chi connectivity index (χ0) is 25.3. The molecule has 190 valence electrons. The van der Waals surface area contributed by atoms with E-state index >= 15 is 0 Å². The van der Waals surface area contributed by atoms with Crippen molar-refractivity contribution in [2.45, 2.75) is 25.7 Å². The number of furan rings is 2. The van der Waals surface area contributed by atoms with E-state index in [4.69, 9.17) is 13.9 Å². The third kappa shape index (κ3) is 6.19.